The maximum Gasteiger partial charge on any atom is 0.265 e. The van der Waals surface area contributed by atoms with Crippen LogP contribution in [0.4, 0.5) is 10.1 Å². The lowest BCUT2D eigenvalue weighted by Gasteiger charge is -2.08. The van der Waals surface area contributed by atoms with E-state index in [2.05, 4.69) is 10.5 Å². The summed E-state index contributed by atoms with van der Waals surface area (Å²) >= 11 is 0. The Morgan fingerprint density at radius 2 is 1.87 bits per heavy atom. The van der Waals surface area contributed by atoms with Crippen LogP contribution in [0.1, 0.15) is 22.8 Å². The number of amides is 1. The molecule has 0 unspecified atom stereocenters. The maximum atomic E-state index is 13.3. The minimum absolute atomic E-state index is 0.153. The summed E-state index contributed by atoms with van der Waals surface area (Å²) in [4.78, 5) is 28.1. The van der Waals surface area contributed by atoms with E-state index in [4.69, 9.17) is 4.84 Å². The van der Waals surface area contributed by atoms with Gasteiger partial charge in [-0.2, -0.15) is 0 Å². The van der Waals surface area contributed by atoms with Gasteiger partial charge in [-0.05, 0) is 25.1 Å². The predicted molar refractivity (Wildman–Crippen MR) is 85.0 cm³/mol. The van der Waals surface area contributed by atoms with Crippen LogP contribution in [0.15, 0.2) is 53.7 Å². The highest BCUT2D eigenvalue weighted by molar-refractivity contribution is 6.03. The molecule has 6 heteroatoms. The number of nitrogens with zero attached hydrogens (tertiary/aromatic N) is 1. The highest BCUT2D eigenvalue weighted by Crippen LogP contribution is 2.15. The molecule has 0 heterocycles. The molecule has 5 nitrogen and oxygen atoms in total. The predicted octanol–water partition coefficient (Wildman–Crippen LogP) is 3.02. The van der Waals surface area contributed by atoms with Crippen LogP contribution in [0.25, 0.3) is 0 Å². The summed E-state index contributed by atoms with van der Waals surface area (Å²) in [6.45, 7) is 1.07. The third-order valence-corrected chi connectivity index (χ3v) is 2.95. The molecule has 0 aliphatic rings. The number of anilines is 1. The van der Waals surface area contributed by atoms with Gasteiger partial charge in [-0.1, -0.05) is 35.5 Å². The van der Waals surface area contributed by atoms with Crippen molar-refractivity contribution < 1.29 is 18.8 Å². The van der Waals surface area contributed by atoms with Crippen LogP contribution < -0.4 is 5.32 Å². The van der Waals surface area contributed by atoms with Crippen LogP contribution in [-0.4, -0.2) is 24.5 Å². The van der Waals surface area contributed by atoms with Crippen molar-refractivity contribution in [2.24, 2.45) is 5.16 Å². The van der Waals surface area contributed by atoms with E-state index in [0.717, 1.165) is 0 Å². The molecular weight excluding hydrogens is 299 g/mol. The van der Waals surface area contributed by atoms with Gasteiger partial charge < -0.3 is 10.2 Å². The van der Waals surface area contributed by atoms with Crippen molar-refractivity contribution in [3.8, 4) is 0 Å². The van der Waals surface area contributed by atoms with E-state index in [1.807, 2.05) is 0 Å². The summed E-state index contributed by atoms with van der Waals surface area (Å²) in [7, 11) is 0. The molecule has 1 amide bonds. The van der Waals surface area contributed by atoms with Gasteiger partial charge in [0.1, 0.15) is 5.82 Å². The molecule has 0 spiro atoms. The first-order valence-electron chi connectivity index (χ1n) is 6.87. The van der Waals surface area contributed by atoms with Gasteiger partial charge in [0.15, 0.2) is 12.4 Å². The molecule has 2 aromatic carbocycles. The molecule has 2 aromatic rings. The molecule has 2 rings (SSSR count). The normalized spacial score (nSPS) is 10.5. The first-order valence-corrected chi connectivity index (χ1v) is 6.87. The highest BCUT2D eigenvalue weighted by Gasteiger charge is 2.09. The fraction of sp³-hybridized carbons (Fsp3) is 0.118. The topological polar surface area (TPSA) is 67.8 Å². The second-order valence-electron chi connectivity index (χ2n) is 4.68. The van der Waals surface area contributed by atoms with Crippen molar-refractivity contribution in [3.63, 3.8) is 0 Å². The van der Waals surface area contributed by atoms with Gasteiger partial charge >= 0.3 is 0 Å². The average molecular weight is 314 g/mol. The zero-order valence-electron chi connectivity index (χ0n) is 12.5. The molecule has 118 valence electrons. The fourth-order valence-corrected chi connectivity index (χ4v) is 1.86. The average Bonchev–Trinajstić information content (AvgIpc) is 2.53. The minimum Gasteiger partial charge on any atom is -0.386 e. The number of hydrogen-bond donors (Lipinski definition) is 1. The third kappa shape index (κ3) is 4.74. The summed E-state index contributed by atoms with van der Waals surface area (Å²) in [5.74, 6) is -1.05. The number of oxime groups is 1. The first kappa shape index (κ1) is 16.4. The van der Waals surface area contributed by atoms with Crippen LogP contribution in [0, 0.1) is 5.82 Å². The molecule has 0 fully saturated rings. The number of Topliss-reactive ketones (excluding diaryl/α,β-unsaturated/α-hetero) is 1. The van der Waals surface area contributed by atoms with Gasteiger partial charge in [-0.25, -0.2) is 4.39 Å². The summed E-state index contributed by atoms with van der Waals surface area (Å²) in [6.07, 6.45) is 1.19. The Labute approximate surface area is 132 Å². The molecule has 0 atom stereocenters. The summed E-state index contributed by atoms with van der Waals surface area (Å²) in [6, 6.07) is 12.7. The number of nitrogens with one attached hydrogen (secondary N) is 1. The zero-order chi connectivity index (χ0) is 16.7. The van der Waals surface area contributed by atoms with Crippen LogP contribution in [0.3, 0.4) is 0 Å². The SMILES string of the molecule is CC(=O)c1ccccc1NC(=O)CON=Cc1ccccc1F. The lowest BCUT2D eigenvalue weighted by atomic mass is 10.1. The second kappa shape index (κ2) is 7.84. The number of carbonyl (C=O) groups is 2. The fourth-order valence-electron chi connectivity index (χ4n) is 1.86. The van der Waals surface area contributed by atoms with Gasteiger partial charge in [0.05, 0.1) is 11.9 Å². The molecular formula is C17H15FN2O3. The molecule has 0 bridgehead atoms. The van der Waals surface area contributed by atoms with E-state index < -0.39 is 11.7 Å². The molecule has 0 aliphatic carbocycles. The van der Waals surface area contributed by atoms with Gasteiger partial charge in [-0.15, -0.1) is 0 Å². The van der Waals surface area contributed by atoms with Crippen LogP contribution >= 0.6 is 0 Å². The standard InChI is InChI=1S/C17H15FN2O3/c1-12(21)14-7-3-5-9-16(14)20-17(22)11-23-19-10-13-6-2-4-8-15(13)18/h2-10H,11H2,1H3,(H,20,22). The van der Waals surface area contributed by atoms with E-state index in [0.29, 0.717) is 11.3 Å². The van der Waals surface area contributed by atoms with Crippen molar-refractivity contribution in [2.45, 2.75) is 6.92 Å². The summed E-state index contributed by atoms with van der Waals surface area (Å²) in [5.41, 5.74) is 1.08. The van der Waals surface area contributed by atoms with E-state index in [9.17, 15) is 14.0 Å². The maximum absolute atomic E-state index is 13.3. The Kier molecular flexibility index (Phi) is 5.57. The smallest absolute Gasteiger partial charge is 0.265 e. The molecule has 0 aromatic heterocycles. The van der Waals surface area contributed by atoms with E-state index in [-0.39, 0.29) is 18.0 Å². The third-order valence-electron chi connectivity index (χ3n) is 2.95. The van der Waals surface area contributed by atoms with Gasteiger partial charge in [0, 0.05) is 11.1 Å². The van der Waals surface area contributed by atoms with Gasteiger partial charge in [-0.3, -0.25) is 9.59 Å². The number of ketones is 1. The van der Waals surface area contributed by atoms with Gasteiger partial charge in [0.25, 0.3) is 5.91 Å². The first-order chi connectivity index (χ1) is 11.1. The second-order valence-corrected chi connectivity index (χ2v) is 4.68. The van der Waals surface area contributed by atoms with Crippen LogP contribution in [0.5, 0.6) is 0 Å². The molecule has 23 heavy (non-hydrogen) atoms. The lowest BCUT2D eigenvalue weighted by molar-refractivity contribution is -0.120. The number of benzene rings is 2. The molecule has 0 saturated heterocycles. The largest absolute Gasteiger partial charge is 0.386 e. The van der Waals surface area contributed by atoms with E-state index in [1.54, 1.807) is 36.4 Å². The number of rotatable bonds is 6. The Bertz CT molecular complexity index is 744. The Hall–Kier alpha value is -3.02. The molecule has 1 N–H and O–H groups in total. The zero-order valence-corrected chi connectivity index (χ0v) is 12.5. The minimum atomic E-state index is -0.468. The van der Waals surface area contributed by atoms with E-state index in [1.165, 1.54) is 25.3 Å². The van der Waals surface area contributed by atoms with Crippen molar-refractivity contribution >= 4 is 23.6 Å². The lowest BCUT2D eigenvalue weighted by Crippen LogP contribution is -2.18. The number of carbonyl (C=O) groups excluding carboxylic acids is 2. The quantitative estimate of drug-likeness (QED) is 0.506. The molecule has 0 aliphatic heterocycles. The van der Waals surface area contributed by atoms with Crippen molar-refractivity contribution in [2.75, 3.05) is 11.9 Å². The summed E-state index contributed by atoms with van der Waals surface area (Å²) < 4.78 is 13.3. The van der Waals surface area contributed by atoms with Crippen molar-refractivity contribution in [1.29, 1.82) is 0 Å². The van der Waals surface area contributed by atoms with E-state index >= 15 is 0 Å². The molecule has 0 radical (unpaired) electrons. The van der Waals surface area contributed by atoms with Crippen LogP contribution in [-0.2, 0) is 9.63 Å². The Morgan fingerprint density at radius 1 is 1.17 bits per heavy atom. The monoisotopic (exact) mass is 314 g/mol. The molecule has 0 saturated carbocycles. The van der Waals surface area contributed by atoms with Crippen LogP contribution in [0.2, 0.25) is 0 Å². The highest BCUT2D eigenvalue weighted by atomic mass is 19.1. The van der Waals surface area contributed by atoms with Gasteiger partial charge in [0.2, 0.25) is 0 Å². The Morgan fingerprint density at radius 3 is 2.61 bits per heavy atom. The summed E-state index contributed by atoms with van der Waals surface area (Å²) in [5, 5.41) is 6.12. The van der Waals surface area contributed by atoms with Crippen molar-refractivity contribution in [3.05, 3.63) is 65.5 Å². The Balaban J connectivity index is 1.89. The number of halogens is 1. The number of hydrogen-bond acceptors (Lipinski definition) is 4. The number of para-hydroxylation sites is 1. The van der Waals surface area contributed by atoms with Crippen molar-refractivity contribution in [1.82, 2.24) is 0 Å².